The van der Waals surface area contributed by atoms with Crippen LogP contribution in [0.4, 0.5) is 4.39 Å². The summed E-state index contributed by atoms with van der Waals surface area (Å²) in [5, 5.41) is 0. The van der Waals surface area contributed by atoms with Gasteiger partial charge >= 0.3 is 0 Å². The predicted octanol–water partition coefficient (Wildman–Crippen LogP) is 5.70. The van der Waals surface area contributed by atoms with Gasteiger partial charge < -0.3 is 23.5 Å². The number of likely N-dealkylation sites (tertiary alicyclic amines) is 1. The van der Waals surface area contributed by atoms with E-state index in [1.54, 1.807) is 12.1 Å². The molecule has 0 radical (unpaired) electrons. The van der Waals surface area contributed by atoms with Crippen LogP contribution in [0.25, 0.3) is 11.0 Å². The smallest absolute Gasteiger partial charge is 0.298 e. The molecule has 42 heavy (non-hydrogen) atoms. The minimum Gasteiger partial charge on any atom is -0.485 e. The van der Waals surface area contributed by atoms with E-state index in [2.05, 4.69) is 15.5 Å². The molecule has 9 heteroatoms. The van der Waals surface area contributed by atoms with E-state index in [4.69, 9.17) is 23.9 Å². The van der Waals surface area contributed by atoms with Crippen molar-refractivity contribution in [3.05, 3.63) is 82.9 Å². The number of fused-ring (bicyclic) bond motifs is 2. The van der Waals surface area contributed by atoms with Crippen molar-refractivity contribution in [2.75, 3.05) is 26.3 Å². The Hall–Kier alpha value is -3.95. The van der Waals surface area contributed by atoms with E-state index in [1.165, 1.54) is 6.07 Å². The van der Waals surface area contributed by atoms with E-state index in [-0.39, 0.29) is 18.5 Å². The summed E-state index contributed by atoms with van der Waals surface area (Å²) in [6.45, 7) is 6.71. The van der Waals surface area contributed by atoms with Crippen LogP contribution in [0.2, 0.25) is 0 Å². The lowest BCUT2D eigenvalue weighted by Gasteiger charge is -2.35. The Labute approximate surface area is 243 Å². The van der Waals surface area contributed by atoms with E-state index in [0.717, 1.165) is 85.8 Å². The van der Waals surface area contributed by atoms with Crippen LogP contribution in [0.5, 0.6) is 17.2 Å². The maximum absolute atomic E-state index is 14.6. The molecule has 3 aromatic carbocycles. The zero-order chi connectivity index (χ0) is 28.6. The molecule has 4 heterocycles. The first-order valence-electron chi connectivity index (χ1n) is 14.7. The predicted molar refractivity (Wildman–Crippen MR) is 154 cm³/mol. The first kappa shape index (κ1) is 26.9. The fourth-order valence-electron chi connectivity index (χ4n) is 6.33. The standard InChI is InChI=1S/C33H34FN3O5/c1-21-5-7-26(27(34)15-21)31-19-40-33-25(3-2-4-30(33)42-31)22-9-12-36(13-10-22)18-32-35-28-8-6-23(41-20-38)16-29(28)37(32)17-24-11-14-39-24/h2-8,15-16,20,22,24,31H,9-14,17-19H2,1H3. The molecular formula is C33H34FN3O5. The molecule has 0 amide bonds. The highest BCUT2D eigenvalue weighted by molar-refractivity contribution is 5.78. The van der Waals surface area contributed by atoms with Crippen molar-refractivity contribution in [2.24, 2.45) is 0 Å². The molecule has 4 aromatic rings. The van der Waals surface area contributed by atoms with E-state index in [1.807, 2.05) is 37.3 Å². The van der Waals surface area contributed by atoms with Crippen molar-refractivity contribution in [3.63, 3.8) is 0 Å². The highest BCUT2D eigenvalue weighted by Gasteiger charge is 2.31. The second kappa shape index (κ2) is 11.4. The summed E-state index contributed by atoms with van der Waals surface area (Å²) in [6, 6.07) is 16.8. The van der Waals surface area contributed by atoms with Gasteiger partial charge in [0.1, 0.15) is 24.0 Å². The van der Waals surface area contributed by atoms with Crippen molar-refractivity contribution in [1.82, 2.24) is 14.5 Å². The number of aryl methyl sites for hydroxylation is 1. The first-order valence-corrected chi connectivity index (χ1v) is 14.7. The minimum atomic E-state index is -0.471. The Balaban J connectivity index is 1.05. The van der Waals surface area contributed by atoms with Crippen LogP contribution in [0, 0.1) is 12.7 Å². The van der Waals surface area contributed by atoms with Crippen LogP contribution in [-0.2, 0) is 22.6 Å². The molecule has 0 bridgehead atoms. The summed E-state index contributed by atoms with van der Waals surface area (Å²) in [7, 11) is 0. The number of nitrogens with zero attached hydrogens (tertiary/aromatic N) is 3. The molecule has 3 aliphatic heterocycles. The Morgan fingerprint density at radius 2 is 1.93 bits per heavy atom. The topological polar surface area (TPSA) is 75.1 Å². The van der Waals surface area contributed by atoms with Crippen LogP contribution in [-0.4, -0.2) is 53.3 Å². The number of rotatable bonds is 8. The van der Waals surface area contributed by atoms with E-state index < -0.39 is 6.10 Å². The highest BCUT2D eigenvalue weighted by Crippen LogP contribution is 2.44. The lowest BCUT2D eigenvalue weighted by Crippen LogP contribution is -2.35. The summed E-state index contributed by atoms with van der Waals surface area (Å²) in [5.74, 6) is 3.04. The van der Waals surface area contributed by atoms with Gasteiger partial charge in [0, 0.05) is 23.8 Å². The van der Waals surface area contributed by atoms with E-state index in [0.29, 0.717) is 29.5 Å². The largest absolute Gasteiger partial charge is 0.485 e. The number of halogens is 1. The van der Waals surface area contributed by atoms with Gasteiger partial charge in [0.25, 0.3) is 6.47 Å². The summed E-state index contributed by atoms with van der Waals surface area (Å²) in [4.78, 5) is 18.3. The first-order chi connectivity index (χ1) is 20.6. The average Bonchev–Trinajstić information content (AvgIpc) is 3.31. The fraction of sp³-hybridized carbons (Fsp3) is 0.394. The molecule has 2 atom stereocenters. The van der Waals surface area contributed by atoms with Gasteiger partial charge in [-0.3, -0.25) is 9.69 Å². The summed E-state index contributed by atoms with van der Waals surface area (Å²) in [5.41, 5.74) is 4.39. The van der Waals surface area contributed by atoms with Crippen LogP contribution in [0.3, 0.4) is 0 Å². The molecule has 0 N–H and O–H groups in total. The van der Waals surface area contributed by atoms with Crippen molar-refractivity contribution in [3.8, 4) is 17.2 Å². The maximum atomic E-state index is 14.6. The van der Waals surface area contributed by atoms with Crippen LogP contribution in [0.15, 0.2) is 54.6 Å². The zero-order valence-electron chi connectivity index (χ0n) is 23.6. The molecule has 8 nitrogen and oxygen atoms in total. The van der Waals surface area contributed by atoms with Gasteiger partial charge in [0.2, 0.25) is 0 Å². The number of imidazole rings is 1. The number of ether oxygens (including phenoxy) is 4. The second-order valence-corrected chi connectivity index (χ2v) is 11.5. The van der Waals surface area contributed by atoms with Crippen LogP contribution < -0.4 is 14.2 Å². The molecule has 2 unspecified atom stereocenters. The molecule has 0 saturated carbocycles. The summed E-state index contributed by atoms with van der Waals surface area (Å²) in [6.07, 6.45) is 2.71. The Morgan fingerprint density at radius 1 is 1.07 bits per heavy atom. The minimum absolute atomic E-state index is 0.177. The number of carbonyl (C=O) groups is 1. The Bertz CT molecular complexity index is 1610. The molecule has 0 spiro atoms. The Morgan fingerprint density at radius 3 is 2.69 bits per heavy atom. The van der Waals surface area contributed by atoms with Crippen molar-refractivity contribution in [1.29, 1.82) is 0 Å². The SMILES string of the molecule is Cc1ccc(C2COc3c(cccc3C3CCN(Cc4nc5ccc(OC=O)cc5n4CC4CCO4)CC3)O2)c(F)c1. The summed E-state index contributed by atoms with van der Waals surface area (Å²) >= 11 is 0. The van der Waals surface area contributed by atoms with Crippen LogP contribution in [0.1, 0.15) is 53.8 Å². The average molecular weight is 572 g/mol. The molecule has 218 valence electrons. The van der Waals surface area contributed by atoms with Gasteiger partial charge in [-0.15, -0.1) is 0 Å². The molecule has 0 aliphatic carbocycles. The Kier molecular flexibility index (Phi) is 7.29. The zero-order valence-corrected chi connectivity index (χ0v) is 23.6. The number of carbonyl (C=O) groups excluding carboxylic acids is 1. The van der Waals surface area contributed by atoms with Gasteiger partial charge in [-0.1, -0.05) is 24.3 Å². The van der Waals surface area contributed by atoms with Gasteiger partial charge in [-0.05, 0) is 75.0 Å². The number of hydrogen-bond donors (Lipinski definition) is 0. The van der Waals surface area contributed by atoms with Gasteiger partial charge in [-0.2, -0.15) is 0 Å². The number of para-hydroxylation sites is 1. The summed E-state index contributed by atoms with van der Waals surface area (Å²) < 4.78 is 40.2. The van der Waals surface area contributed by atoms with Crippen molar-refractivity contribution < 1.29 is 28.1 Å². The van der Waals surface area contributed by atoms with E-state index in [9.17, 15) is 9.18 Å². The number of benzene rings is 3. The van der Waals surface area contributed by atoms with Crippen molar-refractivity contribution in [2.45, 2.75) is 57.4 Å². The number of piperidine rings is 1. The van der Waals surface area contributed by atoms with Gasteiger partial charge in [-0.25, -0.2) is 9.37 Å². The third kappa shape index (κ3) is 5.23. The third-order valence-corrected chi connectivity index (χ3v) is 8.72. The van der Waals surface area contributed by atoms with Gasteiger partial charge in [0.05, 0.1) is 30.2 Å². The second-order valence-electron chi connectivity index (χ2n) is 11.5. The number of aromatic nitrogens is 2. The number of hydrogen-bond acceptors (Lipinski definition) is 7. The maximum Gasteiger partial charge on any atom is 0.298 e. The van der Waals surface area contributed by atoms with Gasteiger partial charge in [0.15, 0.2) is 17.6 Å². The fourth-order valence-corrected chi connectivity index (χ4v) is 6.33. The normalized spacial score (nSPS) is 20.8. The molecule has 2 saturated heterocycles. The molecular weight excluding hydrogens is 537 g/mol. The van der Waals surface area contributed by atoms with Crippen molar-refractivity contribution >= 4 is 17.5 Å². The monoisotopic (exact) mass is 571 g/mol. The quantitative estimate of drug-likeness (QED) is 0.251. The molecule has 3 aliphatic rings. The third-order valence-electron chi connectivity index (χ3n) is 8.72. The molecule has 7 rings (SSSR count). The lowest BCUT2D eigenvalue weighted by molar-refractivity contribution is -0.120. The lowest BCUT2D eigenvalue weighted by atomic mass is 9.88. The molecule has 1 aromatic heterocycles. The highest BCUT2D eigenvalue weighted by atomic mass is 19.1. The molecule has 2 fully saturated rings. The van der Waals surface area contributed by atoms with Crippen LogP contribution >= 0.6 is 0 Å². The van der Waals surface area contributed by atoms with E-state index >= 15 is 0 Å².